The van der Waals surface area contributed by atoms with Gasteiger partial charge in [0.1, 0.15) is 5.76 Å². The van der Waals surface area contributed by atoms with Gasteiger partial charge in [0.15, 0.2) is 0 Å². The number of nitrogens with zero attached hydrogens (tertiary/aromatic N) is 3. The highest BCUT2D eigenvalue weighted by Gasteiger charge is 2.44. The Balaban J connectivity index is 0.000000396. The van der Waals surface area contributed by atoms with Crippen molar-refractivity contribution >= 4 is 12.0 Å². The van der Waals surface area contributed by atoms with Crippen LogP contribution in [0.5, 0.6) is 0 Å². The van der Waals surface area contributed by atoms with Crippen molar-refractivity contribution in [1.29, 1.82) is 0 Å². The molecule has 1 N–H and O–H groups in total. The maximum Gasteiger partial charge on any atom is 0.490 e. The molecule has 30 heavy (non-hydrogen) atoms. The highest BCUT2D eigenvalue weighted by Crippen LogP contribution is 2.37. The Hall–Kier alpha value is -2.27. The molecule has 2 fully saturated rings. The van der Waals surface area contributed by atoms with Crippen LogP contribution in [0.1, 0.15) is 25.0 Å². The minimum Gasteiger partial charge on any atom is -0.475 e. The van der Waals surface area contributed by atoms with E-state index in [0.29, 0.717) is 6.04 Å². The van der Waals surface area contributed by atoms with E-state index in [1.54, 1.807) is 25.3 Å². The monoisotopic (exact) mass is 435 g/mol. The Morgan fingerprint density at radius 1 is 1.27 bits per heavy atom. The first-order valence-electron chi connectivity index (χ1n) is 9.56. The zero-order chi connectivity index (χ0) is 22.5. The number of halogens is 3. The normalized spacial score (nSPS) is 20.8. The van der Waals surface area contributed by atoms with Gasteiger partial charge in [-0.15, -0.1) is 0 Å². The molecule has 1 atom stereocenters. The number of carbonyl (C=O) groups excluding carboxylic acids is 1. The van der Waals surface area contributed by atoms with Crippen LogP contribution >= 0.6 is 0 Å². The molecule has 2 aliphatic heterocycles. The number of ether oxygens (including phenoxy) is 1. The third-order valence-electron chi connectivity index (χ3n) is 5.37. The van der Waals surface area contributed by atoms with Crippen molar-refractivity contribution in [3.05, 3.63) is 24.2 Å². The lowest BCUT2D eigenvalue weighted by Crippen LogP contribution is -2.49. The fourth-order valence-electron chi connectivity index (χ4n) is 3.62. The van der Waals surface area contributed by atoms with Gasteiger partial charge in [0.05, 0.1) is 25.0 Å². The number of carboxylic acids is 1. The number of rotatable bonds is 3. The minimum atomic E-state index is -5.08. The third-order valence-corrected chi connectivity index (χ3v) is 5.37. The van der Waals surface area contributed by atoms with Crippen molar-refractivity contribution in [2.45, 2.75) is 43.6 Å². The predicted octanol–water partition coefficient (Wildman–Crippen LogP) is 2.65. The second-order valence-electron chi connectivity index (χ2n) is 7.81. The summed E-state index contributed by atoms with van der Waals surface area (Å²) in [4.78, 5) is 26.8. The van der Waals surface area contributed by atoms with Gasteiger partial charge in [-0.05, 0) is 38.4 Å². The van der Waals surface area contributed by atoms with Crippen molar-refractivity contribution in [1.82, 2.24) is 14.7 Å². The summed E-state index contributed by atoms with van der Waals surface area (Å²) < 4.78 is 43.4. The van der Waals surface area contributed by atoms with Crippen LogP contribution in [-0.2, 0) is 16.1 Å². The summed E-state index contributed by atoms with van der Waals surface area (Å²) >= 11 is 0. The smallest absolute Gasteiger partial charge is 0.475 e. The van der Waals surface area contributed by atoms with Gasteiger partial charge in [0.25, 0.3) is 0 Å². The van der Waals surface area contributed by atoms with E-state index < -0.39 is 12.1 Å². The van der Waals surface area contributed by atoms with Gasteiger partial charge in [-0.25, -0.2) is 9.59 Å². The van der Waals surface area contributed by atoms with E-state index in [0.717, 1.165) is 51.3 Å². The molecule has 0 radical (unpaired) electrons. The Bertz CT molecular complexity index is 701. The highest BCUT2D eigenvalue weighted by molar-refractivity contribution is 5.74. The molecule has 2 amide bonds. The Kier molecular flexibility index (Phi) is 7.75. The number of hydrogen-bond acceptors (Lipinski definition) is 5. The van der Waals surface area contributed by atoms with Crippen LogP contribution in [0.25, 0.3) is 0 Å². The first-order chi connectivity index (χ1) is 13.9. The number of likely N-dealkylation sites (N-methyl/N-ethyl adjacent to an activating group) is 1. The molecule has 0 aromatic carbocycles. The van der Waals surface area contributed by atoms with Crippen LogP contribution in [-0.4, -0.2) is 90.5 Å². The first kappa shape index (κ1) is 24.0. The lowest BCUT2D eigenvalue weighted by atomic mass is 9.87. The molecule has 0 bridgehead atoms. The molecular weight excluding hydrogens is 407 g/mol. The number of hydrogen-bond donors (Lipinski definition) is 1. The van der Waals surface area contributed by atoms with E-state index in [4.69, 9.17) is 19.1 Å². The van der Waals surface area contributed by atoms with Crippen molar-refractivity contribution in [3.8, 4) is 0 Å². The molecule has 2 saturated heterocycles. The van der Waals surface area contributed by atoms with Crippen molar-refractivity contribution in [3.63, 3.8) is 0 Å². The number of piperidine rings is 1. The molecule has 170 valence electrons. The maximum atomic E-state index is 12.0. The summed E-state index contributed by atoms with van der Waals surface area (Å²) in [5.74, 6) is -1.77. The Labute approximate surface area is 173 Å². The van der Waals surface area contributed by atoms with Crippen LogP contribution in [0, 0.1) is 0 Å². The number of aliphatic carboxylic acids is 1. The Morgan fingerprint density at radius 3 is 2.33 bits per heavy atom. The number of furan rings is 1. The molecule has 1 aromatic heterocycles. The quantitative estimate of drug-likeness (QED) is 0.786. The fourth-order valence-corrected chi connectivity index (χ4v) is 3.62. The van der Waals surface area contributed by atoms with E-state index in [1.807, 2.05) is 17.0 Å². The molecular formula is C19H28F3N3O5. The van der Waals surface area contributed by atoms with E-state index >= 15 is 0 Å². The van der Waals surface area contributed by atoms with Crippen LogP contribution in [0.15, 0.2) is 22.8 Å². The third kappa shape index (κ3) is 6.36. The summed E-state index contributed by atoms with van der Waals surface area (Å²) in [5, 5.41) is 7.12. The number of urea groups is 1. The first-order valence-corrected chi connectivity index (χ1v) is 9.56. The molecule has 3 heterocycles. The average molecular weight is 435 g/mol. The van der Waals surface area contributed by atoms with Crippen molar-refractivity contribution in [2.24, 2.45) is 0 Å². The molecule has 2 aliphatic rings. The largest absolute Gasteiger partial charge is 0.490 e. The van der Waals surface area contributed by atoms with Crippen LogP contribution in [0.3, 0.4) is 0 Å². The number of carbonyl (C=O) groups is 2. The Morgan fingerprint density at radius 2 is 1.87 bits per heavy atom. The fraction of sp³-hybridized carbons (Fsp3) is 0.684. The summed E-state index contributed by atoms with van der Waals surface area (Å²) in [6.07, 6.45) is -0.475. The highest BCUT2D eigenvalue weighted by atomic mass is 19.4. The topological polar surface area (TPSA) is 86.5 Å². The molecule has 1 unspecified atom stereocenters. The summed E-state index contributed by atoms with van der Waals surface area (Å²) in [5.41, 5.74) is -0.0504. The summed E-state index contributed by atoms with van der Waals surface area (Å²) in [6, 6.07) is 4.45. The molecule has 1 spiro atoms. The minimum absolute atomic E-state index is 0.0504. The maximum absolute atomic E-state index is 12.0. The van der Waals surface area contributed by atoms with Crippen LogP contribution in [0.4, 0.5) is 18.0 Å². The molecule has 0 aliphatic carbocycles. The zero-order valence-electron chi connectivity index (χ0n) is 17.3. The van der Waals surface area contributed by atoms with Crippen LogP contribution < -0.4 is 0 Å². The van der Waals surface area contributed by atoms with Gasteiger partial charge in [0.2, 0.25) is 0 Å². The van der Waals surface area contributed by atoms with Crippen molar-refractivity contribution < 1.29 is 37.0 Å². The number of likely N-dealkylation sites (tertiary alicyclic amines) is 1. The molecule has 8 nitrogen and oxygen atoms in total. The number of amides is 2. The number of carboxylic acid groups (broad SMARTS) is 1. The van der Waals surface area contributed by atoms with E-state index in [-0.39, 0.29) is 11.6 Å². The summed E-state index contributed by atoms with van der Waals surface area (Å²) in [6.45, 7) is 3.14. The number of alkyl halides is 3. The van der Waals surface area contributed by atoms with Crippen molar-refractivity contribution in [2.75, 3.05) is 40.8 Å². The summed E-state index contributed by atoms with van der Waals surface area (Å²) in [7, 11) is 5.73. The SMILES string of the molecule is CN(C)C(=O)N1CCC2(CC1)CC(N(C)Cc1ccco1)CO2.O=C(O)C(F)(F)F. The zero-order valence-corrected chi connectivity index (χ0v) is 17.3. The lowest BCUT2D eigenvalue weighted by Gasteiger charge is -2.39. The predicted molar refractivity (Wildman–Crippen MR) is 101 cm³/mol. The second kappa shape index (κ2) is 9.69. The average Bonchev–Trinajstić information content (AvgIpc) is 3.32. The van der Waals surface area contributed by atoms with Gasteiger partial charge in [-0.2, -0.15) is 13.2 Å². The molecule has 3 rings (SSSR count). The van der Waals surface area contributed by atoms with Gasteiger partial charge < -0.3 is 24.1 Å². The van der Waals surface area contributed by atoms with Gasteiger partial charge >= 0.3 is 18.2 Å². The van der Waals surface area contributed by atoms with Gasteiger partial charge in [0, 0.05) is 33.2 Å². The second-order valence-corrected chi connectivity index (χ2v) is 7.81. The molecule has 0 saturated carbocycles. The lowest BCUT2D eigenvalue weighted by molar-refractivity contribution is -0.192. The van der Waals surface area contributed by atoms with Gasteiger partial charge in [-0.3, -0.25) is 4.90 Å². The molecule has 1 aromatic rings. The standard InChI is InChI=1S/C17H27N3O3.C2HF3O2/c1-18(2)16(21)20-8-6-17(7-9-20)11-14(13-23-17)19(3)12-15-5-4-10-22-15;3-2(4,5)1(6)7/h4-5,10,14H,6-9,11-13H2,1-3H3;(H,6,7). The van der Waals surface area contributed by atoms with E-state index in [2.05, 4.69) is 11.9 Å². The van der Waals surface area contributed by atoms with Crippen LogP contribution in [0.2, 0.25) is 0 Å². The van der Waals surface area contributed by atoms with E-state index in [9.17, 15) is 18.0 Å². The van der Waals surface area contributed by atoms with Gasteiger partial charge in [-0.1, -0.05) is 0 Å². The van der Waals surface area contributed by atoms with E-state index in [1.165, 1.54) is 0 Å². The molecule has 11 heteroatoms.